The highest BCUT2D eigenvalue weighted by atomic mass is 32.2. The van der Waals surface area contributed by atoms with Gasteiger partial charge in [-0.3, -0.25) is 4.98 Å². The number of hydrogen-bond acceptors (Lipinski definition) is 4. The van der Waals surface area contributed by atoms with Gasteiger partial charge in [0.2, 0.25) is 0 Å². The number of thioether (sulfide) groups is 1. The molecule has 0 aliphatic carbocycles. The molecule has 0 saturated carbocycles. The van der Waals surface area contributed by atoms with Gasteiger partial charge in [0.05, 0.1) is 15.3 Å². The van der Waals surface area contributed by atoms with E-state index in [2.05, 4.69) is 88.6 Å². The Morgan fingerprint density at radius 1 is 0.939 bits per heavy atom. The van der Waals surface area contributed by atoms with Crippen molar-refractivity contribution in [3.8, 4) is 16.7 Å². The van der Waals surface area contributed by atoms with Crippen LogP contribution in [0.5, 0.6) is 0 Å². The second-order valence-corrected chi connectivity index (χ2v) is 11.9. The van der Waals surface area contributed by atoms with Crippen LogP contribution in [-0.2, 0) is 6.42 Å². The van der Waals surface area contributed by atoms with Crippen LogP contribution in [-0.4, -0.2) is 4.98 Å². The van der Waals surface area contributed by atoms with Gasteiger partial charge >= 0.3 is 0 Å². The van der Waals surface area contributed by atoms with Gasteiger partial charge in [-0.25, -0.2) is 0 Å². The van der Waals surface area contributed by atoms with E-state index in [1.165, 1.54) is 49.3 Å². The molecule has 0 unspecified atom stereocenters. The van der Waals surface area contributed by atoms with E-state index in [4.69, 9.17) is 4.98 Å². The SMILES string of the molecule is Cc1cc(C)cc(-c2ncc(SC#N)c3c2sc2c4ccc(CC(C)(C)C)cc4ccc23)c1. The third kappa shape index (κ3) is 4.12. The molecule has 5 aromatic rings. The van der Waals surface area contributed by atoms with Crippen molar-refractivity contribution in [2.45, 2.75) is 45.9 Å². The molecule has 2 nitrogen and oxygen atoms in total. The molecule has 33 heavy (non-hydrogen) atoms. The van der Waals surface area contributed by atoms with Crippen molar-refractivity contribution in [3.05, 3.63) is 71.4 Å². The highest BCUT2D eigenvalue weighted by molar-refractivity contribution is 8.04. The first-order chi connectivity index (χ1) is 15.7. The number of nitriles is 1. The number of aromatic nitrogens is 1. The van der Waals surface area contributed by atoms with Crippen molar-refractivity contribution in [1.82, 2.24) is 4.98 Å². The van der Waals surface area contributed by atoms with E-state index in [1.807, 2.05) is 6.20 Å². The van der Waals surface area contributed by atoms with Crippen LogP contribution in [0.1, 0.15) is 37.5 Å². The van der Waals surface area contributed by atoms with Gasteiger partial charge in [0, 0.05) is 27.2 Å². The number of pyridine rings is 1. The summed E-state index contributed by atoms with van der Waals surface area (Å²) >= 11 is 3.00. The largest absolute Gasteiger partial charge is 0.254 e. The summed E-state index contributed by atoms with van der Waals surface area (Å²) in [5.41, 5.74) is 6.22. The van der Waals surface area contributed by atoms with Gasteiger partial charge < -0.3 is 0 Å². The number of nitrogens with zero attached hydrogens (tertiary/aromatic N) is 2. The van der Waals surface area contributed by atoms with E-state index >= 15 is 0 Å². The lowest BCUT2D eigenvalue weighted by atomic mass is 9.87. The third-order valence-electron chi connectivity index (χ3n) is 5.89. The first kappa shape index (κ1) is 21.9. The highest BCUT2D eigenvalue weighted by Gasteiger charge is 2.18. The van der Waals surface area contributed by atoms with Gasteiger partial charge in [-0.1, -0.05) is 68.3 Å². The van der Waals surface area contributed by atoms with Crippen LogP contribution in [0.2, 0.25) is 0 Å². The number of thiophene rings is 1. The number of rotatable bonds is 3. The summed E-state index contributed by atoms with van der Waals surface area (Å²) in [6, 6.07) is 17.9. The molecular weight excluding hydrogens is 440 g/mol. The second-order valence-electron chi connectivity index (χ2n) is 10.1. The summed E-state index contributed by atoms with van der Waals surface area (Å²) in [5, 5.41) is 16.6. The Hall–Kier alpha value is -2.87. The average Bonchev–Trinajstić information content (AvgIpc) is 3.12. The Balaban J connectivity index is 1.81. The van der Waals surface area contributed by atoms with E-state index < -0.39 is 0 Å². The summed E-state index contributed by atoms with van der Waals surface area (Å²) in [6.45, 7) is 11.1. The van der Waals surface area contributed by atoms with E-state index in [-0.39, 0.29) is 5.41 Å². The molecule has 4 heteroatoms. The monoisotopic (exact) mass is 466 g/mol. The van der Waals surface area contributed by atoms with Crippen LogP contribution in [0.3, 0.4) is 0 Å². The maximum atomic E-state index is 9.43. The van der Waals surface area contributed by atoms with Crippen molar-refractivity contribution in [2.24, 2.45) is 5.41 Å². The minimum atomic E-state index is 0.255. The maximum absolute atomic E-state index is 9.43. The zero-order valence-electron chi connectivity index (χ0n) is 19.6. The normalized spacial score (nSPS) is 12.0. The number of fused-ring (bicyclic) bond motifs is 5. The van der Waals surface area contributed by atoms with E-state index in [0.29, 0.717) is 0 Å². The molecule has 2 aromatic heterocycles. The molecule has 0 radical (unpaired) electrons. The lowest BCUT2D eigenvalue weighted by Crippen LogP contribution is -2.08. The molecule has 2 heterocycles. The molecule has 0 aliphatic heterocycles. The first-order valence-electron chi connectivity index (χ1n) is 11.1. The molecule has 0 aliphatic rings. The molecule has 0 bridgehead atoms. The number of benzene rings is 3. The lowest BCUT2D eigenvalue weighted by molar-refractivity contribution is 0.411. The zero-order valence-corrected chi connectivity index (χ0v) is 21.2. The molecule has 3 aromatic carbocycles. The second kappa shape index (κ2) is 8.17. The fourth-order valence-corrected chi connectivity index (χ4v) is 6.71. The first-order valence-corrected chi connectivity index (χ1v) is 12.8. The molecule has 5 rings (SSSR count). The smallest absolute Gasteiger partial charge is 0.138 e. The Morgan fingerprint density at radius 2 is 1.67 bits per heavy atom. The van der Waals surface area contributed by atoms with Crippen LogP contribution in [0.4, 0.5) is 0 Å². The zero-order chi connectivity index (χ0) is 23.3. The van der Waals surface area contributed by atoms with Gasteiger partial charge in [0.1, 0.15) is 5.40 Å². The van der Waals surface area contributed by atoms with Crippen LogP contribution < -0.4 is 0 Å². The van der Waals surface area contributed by atoms with Gasteiger partial charge in [-0.15, -0.1) is 11.3 Å². The summed E-state index contributed by atoms with van der Waals surface area (Å²) in [6.07, 6.45) is 2.92. The van der Waals surface area contributed by atoms with Crippen molar-refractivity contribution in [3.63, 3.8) is 0 Å². The van der Waals surface area contributed by atoms with Gasteiger partial charge in [0.25, 0.3) is 0 Å². The van der Waals surface area contributed by atoms with Crippen LogP contribution in [0.25, 0.3) is 42.2 Å². The molecule has 164 valence electrons. The third-order valence-corrected chi connectivity index (χ3v) is 7.76. The molecule has 0 spiro atoms. The van der Waals surface area contributed by atoms with E-state index in [9.17, 15) is 5.26 Å². The maximum Gasteiger partial charge on any atom is 0.138 e. The minimum Gasteiger partial charge on any atom is -0.254 e. The number of hydrogen-bond donors (Lipinski definition) is 0. The fraction of sp³-hybridized carbons (Fsp3) is 0.241. The van der Waals surface area contributed by atoms with Crippen LogP contribution in [0.15, 0.2) is 59.6 Å². The predicted octanol–water partition coefficient (Wildman–Crippen LogP) is 9.05. The number of aryl methyl sites for hydroxylation is 2. The van der Waals surface area contributed by atoms with Crippen molar-refractivity contribution < 1.29 is 0 Å². The van der Waals surface area contributed by atoms with Crippen molar-refractivity contribution in [1.29, 1.82) is 5.26 Å². The summed E-state index contributed by atoms with van der Waals surface area (Å²) in [5.74, 6) is 0. The van der Waals surface area contributed by atoms with E-state index in [0.717, 1.165) is 32.7 Å². The quantitative estimate of drug-likeness (QED) is 0.196. The van der Waals surface area contributed by atoms with Crippen LogP contribution >= 0.6 is 23.1 Å². The summed E-state index contributed by atoms with van der Waals surface area (Å²) in [7, 11) is 0. The van der Waals surface area contributed by atoms with E-state index in [1.54, 1.807) is 11.3 Å². The van der Waals surface area contributed by atoms with Crippen molar-refractivity contribution >= 4 is 54.0 Å². The topological polar surface area (TPSA) is 36.7 Å². The molecule has 0 saturated heterocycles. The Bertz CT molecular complexity index is 1560. The average molecular weight is 467 g/mol. The van der Waals surface area contributed by atoms with Crippen molar-refractivity contribution in [2.75, 3.05) is 0 Å². The van der Waals surface area contributed by atoms with Gasteiger partial charge in [0.15, 0.2) is 0 Å². The highest BCUT2D eigenvalue weighted by Crippen LogP contribution is 2.45. The summed E-state index contributed by atoms with van der Waals surface area (Å²) < 4.78 is 2.42. The molecular formula is C29H26N2S2. The molecule has 0 amide bonds. The standard InChI is InChI=1S/C29H26N2S2/c1-17-10-18(2)12-21(11-17)26-28-25(24(15-31-26)32-16-30)23-9-7-20-13-19(14-29(3,4)5)6-8-22(20)27(23)33-28/h6-13,15H,14H2,1-5H3. The molecule has 0 N–H and O–H groups in total. The molecule has 0 atom stereocenters. The van der Waals surface area contributed by atoms with Crippen LogP contribution in [0, 0.1) is 29.9 Å². The predicted molar refractivity (Wildman–Crippen MR) is 144 cm³/mol. The van der Waals surface area contributed by atoms with Gasteiger partial charge in [-0.2, -0.15) is 5.26 Å². The lowest BCUT2D eigenvalue weighted by Gasteiger charge is -2.18. The Morgan fingerprint density at radius 3 is 2.36 bits per heavy atom. The Labute approximate surface area is 203 Å². The van der Waals surface area contributed by atoms with Gasteiger partial charge in [-0.05, 0) is 65.9 Å². The molecule has 0 fully saturated rings. The minimum absolute atomic E-state index is 0.255. The summed E-state index contributed by atoms with van der Waals surface area (Å²) in [4.78, 5) is 5.77. The Kier molecular flexibility index (Phi) is 5.43. The number of thiocyanates is 1. The fourth-order valence-electron chi connectivity index (χ4n) is 4.76.